The molecule has 0 bridgehead atoms. The van der Waals surface area contributed by atoms with Gasteiger partial charge in [0, 0.05) is 34.6 Å². The zero-order valence-corrected chi connectivity index (χ0v) is 21.9. The number of carbonyl (C=O) groups is 3. The summed E-state index contributed by atoms with van der Waals surface area (Å²) < 4.78 is 10.7. The van der Waals surface area contributed by atoms with Crippen molar-refractivity contribution in [2.75, 3.05) is 19.6 Å². The number of thiophene rings is 1. The van der Waals surface area contributed by atoms with Crippen LogP contribution in [0.5, 0.6) is 0 Å². The van der Waals surface area contributed by atoms with Crippen molar-refractivity contribution in [2.24, 2.45) is 0 Å². The number of hydrogen-bond donors (Lipinski definition) is 4. The predicted molar refractivity (Wildman–Crippen MR) is 132 cm³/mol. The van der Waals surface area contributed by atoms with Crippen molar-refractivity contribution >= 4 is 42.2 Å². The number of thiol groups is 1. The Morgan fingerprint density at radius 2 is 1.67 bits per heavy atom. The summed E-state index contributed by atoms with van der Waals surface area (Å²) >= 11 is 6.12. The summed E-state index contributed by atoms with van der Waals surface area (Å²) in [6, 6.07) is 3.51. The smallest absolute Gasteiger partial charge is 0.410 e. The van der Waals surface area contributed by atoms with E-state index < -0.39 is 17.3 Å². The highest BCUT2D eigenvalue weighted by atomic mass is 32.1. The third-order valence-corrected chi connectivity index (χ3v) is 5.98. The van der Waals surface area contributed by atoms with E-state index in [1.807, 2.05) is 32.9 Å². The van der Waals surface area contributed by atoms with Gasteiger partial charge in [0.2, 0.25) is 0 Å². The number of urea groups is 1. The Bertz CT molecular complexity index is 831. The fourth-order valence-electron chi connectivity index (χ4n) is 3.16. The molecule has 3 N–H and O–H groups in total. The lowest BCUT2D eigenvalue weighted by Gasteiger charge is -2.28. The van der Waals surface area contributed by atoms with Crippen LogP contribution in [0.3, 0.4) is 0 Å². The maximum atomic E-state index is 12.6. The second kappa shape index (κ2) is 11.3. The minimum absolute atomic E-state index is 0.0890. The van der Waals surface area contributed by atoms with Crippen LogP contribution in [0.1, 0.15) is 63.8 Å². The number of likely N-dealkylation sites (tertiary alicyclic amines) is 1. The van der Waals surface area contributed by atoms with Gasteiger partial charge in [-0.1, -0.05) is 0 Å². The molecule has 2 atom stereocenters. The summed E-state index contributed by atoms with van der Waals surface area (Å²) in [5.41, 5.74) is -1.12. The quantitative estimate of drug-likeness (QED) is 0.348. The molecule has 2 heterocycles. The Hall–Kier alpha value is -2.14. The highest BCUT2D eigenvalue weighted by Crippen LogP contribution is 2.38. The topological polar surface area (TPSA) is 109 Å². The molecule has 1 fully saturated rings. The predicted octanol–water partition coefficient (Wildman–Crippen LogP) is 4.05. The standard InChI is InChI=1S/C22H36N4O5S2/c1-21(2,3)30-19(28)24-10-9-23-18(27)25-12-15-7-8-17(33-15)16-11-14(32)13-26(16)20(29)31-22(4,5)6/h7-8,14,16,32H,9-13H2,1-6H3,(H,24,28)(H2,23,25,27)/t14-,16?/m0/s1. The normalized spacial score (nSPS) is 18.6. The van der Waals surface area contributed by atoms with Crippen LogP contribution in [0.2, 0.25) is 0 Å². The minimum atomic E-state index is -0.565. The monoisotopic (exact) mass is 500 g/mol. The number of hydrogen-bond acceptors (Lipinski definition) is 7. The van der Waals surface area contributed by atoms with Crippen LogP contribution in [0, 0.1) is 0 Å². The van der Waals surface area contributed by atoms with Gasteiger partial charge in [-0.15, -0.1) is 11.3 Å². The Morgan fingerprint density at radius 1 is 1.03 bits per heavy atom. The van der Waals surface area contributed by atoms with Crippen LogP contribution in [-0.2, 0) is 16.0 Å². The van der Waals surface area contributed by atoms with E-state index in [2.05, 4.69) is 28.6 Å². The van der Waals surface area contributed by atoms with E-state index in [9.17, 15) is 14.4 Å². The molecular weight excluding hydrogens is 464 g/mol. The lowest BCUT2D eigenvalue weighted by molar-refractivity contribution is 0.0227. The summed E-state index contributed by atoms with van der Waals surface area (Å²) in [6.07, 6.45) is -0.107. The number of ether oxygens (including phenoxy) is 2. The molecule has 0 aliphatic carbocycles. The Balaban J connectivity index is 1.79. The first-order valence-electron chi connectivity index (χ1n) is 11.0. The Morgan fingerprint density at radius 3 is 2.30 bits per heavy atom. The van der Waals surface area contributed by atoms with Gasteiger partial charge in [-0.05, 0) is 60.1 Å². The number of nitrogens with zero attached hydrogens (tertiary/aromatic N) is 1. The van der Waals surface area contributed by atoms with Crippen molar-refractivity contribution in [3.63, 3.8) is 0 Å². The van der Waals surface area contributed by atoms with Gasteiger partial charge in [0.25, 0.3) is 0 Å². The van der Waals surface area contributed by atoms with Crippen LogP contribution in [0.4, 0.5) is 14.4 Å². The number of alkyl carbamates (subject to hydrolysis) is 1. The number of nitrogens with one attached hydrogen (secondary N) is 3. The lowest BCUT2D eigenvalue weighted by atomic mass is 10.2. The molecular formula is C22H36N4O5S2. The maximum absolute atomic E-state index is 12.6. The molecule has 11 heteroatoms. The van der Waals surface area contributed by atoms with Crippen LogP contribution in [0.15, 0.2) is 12.1 Å². The SMILES string of the molecule is CC(C)(C)OC(=O)NCCNC(=O)NCc1ccc(C2C[C@H](S)CN2C(=O)OC(C)(C)C)s1. The molecule has 4 amide bonds. The van der Waals surface area contributed by atoms with Crippen molar-refractivity contribution in [2.45, 2.75) is 77.0 Å². The zero-order valence-electron chi connectivity index (χ0n) is 20.2. The summed E-state index contributed by atoms with van der Waals surface area (Å²) in [7, 11) is 0. The highest BCUT2D eigenvalue weighted by Gasteiger charge is 2.37. The second-order valence-corrected chi connectivity index (χ2v) is 11.8. The minimum Gasteiger partial charge on any atom is -0.444 e. The number of rotatable bonds is 6. The molecule has 2 rings (SSSR count). The number of amides is 4. The van der Waals surface area contributed by atoms with Gasteiger partial charge in [0.05, 0.1) is 12.6 Å². The van der Waals surface area contributed by atoms with Crippen LogP contribution < -0.4 is 16.0 Å². The van der Waals surface area contributed by atoms with E-state index in [0.29, 0.717) is 13.1 Å². The lowest BCUT2D eigenvalue weighted by Crippen LogP contribution is -2.41. The van der Waals surface area contributed by atoms with E-state index in [4.69, 9.17) is 9.47 Å². The average molecular weight is 501 g/mol. The highest BCUT2D eigenvalue weighted by molar-refractivity contribution is 7.81. The molecule has 0 spiro atoms. The van der Waals surface area contributed by atoms with E-state index in [1.54, 1.807) is 37.0 Å². The van der Waals surface area contributed by atoms with Crippen molar-refractivity contribution in [3.05, 3.63) is 21.9 Å². The first-order chi connectivity index (χ1) is 15.2. The molecule has 0 saturated carbocycles. The Labute approximate surface area is 205 Å². The van der Waals surface area contributed by atoms with Gasteiger partial charge in [0.1, 0.15) is 11.2 Å². The maximum Gasteiger partial charge on any atom is 0.410 e. The second-order valence-electron chi connectivity index (χ2n) is 9.88. The average Bonchev–Trinajstić information content (AvgIpc) is 3.27. The van der Waals surface area contributed by atoms with Gasteiger partial charge in [0.15, 0.2) is 0 Å². The molecule has 0 aromatic carbocycles. The summed E-state index contributed by atoms with van der Waals surface area (Å²) in [5.74, 6) is 0. The van der Waals surface area contributed by atoms with Gasteiger partial charge >= 0.3 is 18.2 Å². The first-order valence-corrected chi connectivity index (χ1v) is 12.3. The molecule has 9 nitrogen and oxygen atoms in total. The third-order valence-electron chi connectivity index (χ3n) is 4.42. The van der Waals surface area contributed by atoms with Gasteiger partial charge < -0.3 is 25.4 Å². The molecule has 0 radical (unpaired) electrons. The summed E-state index contributed by atoms with van der Waals surface area (Å²) in [5, 5.41) is 8.16. The molecule has 186 valence electrons. The molecule has 33 heavy (non-hydrogen) atoms. The summed E-state index contributed by atoms with van der Waals surface area (Å²) in [6.45, 7) is 12.3. The molecule has 1 saturated heterocycles. The fraction of sp³-hybridized carbons (Fsp3) is 0.682. The third kappa shape index (κ3) is 9.71. The molecule has 1 aromatic heterocycles. The number of carbonyl (C=O) groups excluding carboxylic acids is 3. The fourth-order valence-corrected chi connectivity index (χ4v) is 4.61. The van der Waals surface area contributed by atoms with E-state index >= 15 is 0 Å². The van der Waals surface area contributed by atoms with Gasteiger partial charge in [-0.2, -0.15) is 12.6 Å². The Kier molecular flexibility index (Phi) is 9.30. The van der Waals surface area contributed by atoms with E-state index in [-0.39, 0.29) is 36.5 Å². The van der Waals surface area contributed by atoms with Crippen LogP contribution in [-0.4, -0.2) is 59.2 Å². The largest absolute Gasteiger partial charge is 0.444 e. The zero-order chi connectivity index (χ0) is 24.8. The van der Waals surface area contributed by atoms with Gasteiger partial charge in [-0.3, -0.25) is 4.90 Å². The van der Waals surface area contributed by atoms with Crippen molar-refractivity contribution in [3.8, 4) is 0 Å². The molecule has 1 aliphatic heterocycles. The van der Waals surface area contributed by atoms with Gasteiger partial charge in [-0.25, -0.2) is 14.4 Å². The molecule has 1 aromatic rings. The van der Waals surface area contributed by atoms with E-state index in [1.165, 1.54) is 0 Å². The van der Waals surface area contributed by atoms with Crippen molar-refractivity contribution in [1.29, 1.82) is 0 Å². The first kappa shape index (κ1) is 27.1. The molecule has 1 unspecified atom stereocenters. The van der Waals surface area contributed by atoms with Crippen LogP contribution >= 0.6 is 24.0 Å². The van der Waals surface area contributed by atoms with Crippen molar-refractivity contribution in [1.82, 2.24) is 20.9 Å². The van der Waals surface area contributed by atoms with E-state index in [0.717, 1.165) is 16.2 Å². The van der Waals surface area contributed by atoms with Crippen LogP contribution in [0.25, 0.3) is 0 Å². The molecule has 1 aliphatic rings. The van der Waals surface area contributed by atoms with Crippen molar-refractivity contribution < 1.29 is 23.9 Å². The summed E-state index contributed by atoms with van der Waals surface area (Å²) in [4.78, 5) is 40.0.